The molecule has 0 radical (unpaired) electrons. The lowest BCUT2D eigenvalue weighted by Gasteiger charge is -2.14. The Balaban J connectivity index is 1.72. The molecule has 8 nitrogen and oxygen atoms in total. The smallest absolute Gasteiger partial charge is 0.264 e. The standard InChI is InChI=1S/C18H19N3O5S2/c1-12(22)21-28(24,25)15-6-4-13(5-7-15)20-17(23)16-3-2-9-19-18(16)26-14-8-10-27-11-14/h2-7,9,14H,8,10-11H2,1H3,(H,20,23)(H,21,22). The zero-order valence-corrected chi connectivity index (χ0v) is 16.7. The van der Waals surface area contributed by atoms with E-state index in [9.17, 15) is 18.0 Å². The minimum Gasteiger partial charge on any atom is -0.473 e. The number of sulfonamides is 1. The van der Waals surface area contributed by atoms with Gasteiger partial charge in [-0.2, -0.15) is 11.8 Å². The Bertz CT molecular complexity index is 971. The second-order valence-electron chi connectivity index (χ2n) is 6.10. The number of pyridine rings is 1. The van der Waals surface area contributed by atoms with Crippen LogP contribution < -0.4 is 14.8 Å². The summed E-state index contributed by atoms with van der Waals surface area (Å²) in [4.78, 5) is 27.7. The first kappa shape index (κ1) is 20.2. The topological polar surface area (TPSA) is 114 Å². The number of amides is 2. The van der Waals surface area contributed by atoms with Crippen molar-refractivity contribution in [3.05, 3.63) is 48.2 Å². The summed E-state index contributed by atoms with van der Waals surface area (Å²) >= 11 is 1.80. The van der Waals surface area contributed by atoms with Crippen molar-refractivity contribution in [2.45, 2.75) is 24.3 Å². The summed E-state index contributed by atoms with van der Waals surface area (Å²) in [6.45, 7) is 1.12. The molecule has 0 aliphatic carbocycles. The molecule has 1 aliphatic rings. The molecule has 10 heteroatoms. The number of anilines is 1. The van der Waals surface area contributed by atoms with Gasteiger partial charge in [0, 0.05) is 24.6 Å². The van der Waals surface area contributed by atoms with E-state index in [2.05, 4.69) is 10.3 Å². The lowest BCUT2D eigenvalue weighted by Crippen LogP contribution is -2.28. The van der Waals surface area contributed by atoms with E-state index in [1.807, 2.05) is 4.72 Å². The first-order valence-corrected chi connectivity index (χ1v) is 11.1. The molecule has 0 bridgehead atoms. The number of aromatic nitrogens is 1. The second-order valence-corrected chi connectivity index (χ2v) is 8.93. The van der Waals surface area contributed by atoms with Gasteiger partial charge in [-0.1, -0.05) is 0 Å². The molecule has 148 valence electrons. The normalized spacial score (nSPS) is 16.4. The van der Waals surface area contributed by atoms with Gasteiger partial charge in [0.15, 0.2) is 0 Å². The van der Waals surface area contributed by atoms with Gasteiger partial charge in [0.25, 0.3) is 15.9 Å². The van der Waals surface area contributed by atoms with Gasteiger partial charge in [-0.15, -0.1) is 0 Å². The number of thioether (sulfide) groups is 1. The maximum absolute atomic E-state index is 12.6. The fourth-order valence-corrected chi connectivity index (χ4v) is 4.67. The SMILES string of the molecule is CC(=O)NS(=O)(=O)c1ccc(NC(=O)c2cccnc2OC2CCSC2)cc1. The highest BCUT2D eigenvalue weighted by Crippen LogP contribution is 2.25. The van der Waals surface area contributed by atoms with Crippen molar-refractivity contribution < 1.29 is 22.7 Å². The highest BCUT2D eigenvalue weighted by Gasteiger charge is 2.21. The van der Waals surface area contributed by atoms with E-state index in [1.165, 1.54) is 24.3 Å². The molecule has 1 aromatic carbocycles. The van der Waals surface area contributed by atoms with Gasteiger partial charge in [0.05, 0.1) is 4.90 Å². The Morgan fingerprint density at radius 2 is 1.96 bits per heavy atom. The molecule has 1 aromatic heterocycles. The van der Waals surface area contributed by atoms with Crippen LogP contribution in [0.4, 0.5) is 5.69 Å². The lowest BCUT2D eigenvalue weighted by molar-refractivity contribution is -0.117. The number of benzene rings is 1. The molecule has 2 aromatic rings. The summed E-state index contributed by atoms with van der Waals surface area (Å²) in [5.41, 5.74) is 0.701. The fraction of sp³-hybridized carbons (Fsp3) is 0.278. The van der Waals surface area contributed by atoms with Crippen molar-refractivity contribution in [2.24, 2.45) is 0 Å². The van der Waals surface area contributed by atoms with Gasteiger partial charge in [0.1, 0.15) is 11.7 Å². The Hall–Kier alpha value is -2.59. The van der Waals surface area contributed by atoms with Gasteiger partial charge >= 0.3 is 0 Å². The van der Waals surface area contributed by atoms with E-state index < -0.39 is 21.8 Å². The number of carbonyl (C=O) groups is 2. The molecule has 0 saturated carbocycles. The molecular weight excluding hydrogens is 402 g/mol. The second kappa shape index (κ2) is 8.61. The van der Waals surface area contributed by atoms with Gasteiger partial charge in [-0.25, -0.2) is 18.1 Å². The highest BCUT2D eigenvalue weighted by atomic mass is 32.2. The first-order chi connectivity index (χ1) is 13.3. The molecular formula is C18H19N3O5S2. The maximum atomic E-state index is 12.6. The number of rotatable bonds is 6. The number of nitrogens with one attached hydrogen (secondary N) is 2. The van der Waals surface area contributed by atoms with Crippen LogP contribution in [-0.4, -0.2) is 42.8 Å². The molecule has 1 saturated heterocycles. The predicted octanol–water partition coefficient (Wildman–Crippen LogP) is 2.04. The van der Waals surface area contributed by atoms with Gasteiger partial charge < -0.3 is 10.1 Å². The summed E-state index contributed by atoms with van der Waals surface area (Å²) in [6, 6.07) is 8.76. The number of hydrogen-bond acceptors (Lipinski definition) is 7. The molecule has 1 atom stereocenters. The van der Waals surface area contributed by atoms with E-state index in [0.717, 1.165) is 24.9 Å². The van der Waals surface area contributed by atoms with Crippen LogP contribution in [0.2, 0.25) is 0 Å². The van der Waals surface area contributed by atoms with Crippen LogP contribution in [0.3, 0.4) is 0 Å². The van der Waals surface area contributed by atoms with Crippen molar-refractivity contribution in [2.75, 3.05) is 16.8 Å². The maximum Gasteiger partial charge on any atom is 0.264 e. The van der Waals surface area contributed by atoms with E-state index in [-0.39, 0.29) is 16.9 Å². The van der Waals surface area contributed by atoms with Gasteiger partial charge in [-0.05, 0) is 48.6 Å². The molecule has 2 amide bonds. The Kier molecular flexibility index (Phi) is 6.20. The molecule has 28 heavy (non-hydrogen) atoms. The average molecular weight is 422 g/mol. The Morgan fingerprint density at radius 3 is 2.61 bits per heavy atom. The largest absolute Gasteiger partial charge is 0.473 e. The van der Waals surface area contributed by atoms with E-state index in [1.54, 1.807) is 30.1 Å². The molecule has 2 N–H and O–H groups in total. The van der Waals surface area contributed by atoms with Gasteiger partial charge in [0.2, 0.25) is 11.8 Å². The van der Waals surface area contributed by atoms with Gasteiger partial charge in [-0.3, -0.25) is 9.59 Å². The predicted molar refractivity (Wildman–Crippen MR) is 106 cm³/mol. The number of nitrogens with zero attached hydrogens (tertiary/aromatic N) is 1. The van der Waals surface area contributed by atoms with Crippen molar-refractivity contribution >= 4 is 39.3 Å². The molecule has 3 rings (SSSR count). The fourth-order valence-electron chi connectivity index (χ4n) is 2.59. The average Bonchev–Trinajstić information content (AvgIpc) is 3.14. The molecule has 1 fully saturated rings. The zero-order valence-electron chi connectivity index (χ0n) is 15.0. The lowest BCUT2D eigenvalue weighted by atomic mass is 10.2. The molecule has 1 unspecified atom stereocenters. The summed E-state index contributed by atoms with van der Waals surface area (Å²) in [7, 11) is -3.92. The van der Waals surface area contributed by atoms with Crippen LogP contribution in [0.1, 0.15) is 23.7 Å². The minimum atomic E-state index is -3.92. The summed E-state index contributed by atoms with van der Waals surface area (Å²) < 4.78 is 31.7. The zero-order chi connectivity index (χ0) is 20.1. The first-order valence-electron chi connectivity index (χ1n) is 8.49. The molecule has 1 aliphatic heterocycles. The van der Waals surface area contributed by atoms with Crippen molar-refractivity contribution in [3.8, 4) is 5.88 Å². The van der Waals surface area contributed by atoms with Crippen LogP contribution in [-0.2, 0) is 14.8 Å². The summed E-state index contributed by atoms with van der Waals surface area (Å²) in [5, 5.41) is 2.70. The van der Waals surface area contributed by atoms with Crippen LogP contribution in [0.15, 0.2) is 47.5 Å². The van der Waals surface area contributed by atoms with Crippen molar-refractivity contribution in [3.63, 3.8) is 0 Å². The summed E-state index contributed by atoms with van der Waals surface area (Å²) in [5.74, 6) is 1.07. The third-order valence-corrected chi connectivity index (χ3v) is 6.46. The van der Waals surface area contributed by atoms with Crippen molar-refractivity contribution in [1.82, 2.24) is 9.71 Å². The third kappa shape index (κ3) is 5.02. The molecule has 0 spiro atoms. The number of ether oxygens (including phenoxy) is 1. The monoisotopic (exact) mass is 421 g/mol. The van der Waals surface area contributed by atoms with E-state index in [4.69, 9.17) is 4.74 Å². The van der Waals surface area contributed by atoms with Crippen LogP contribution in [0.25, 0.3) is 0 Å². The van der Waals surface area contributed by atoms with Crippen LogP contribution in [0, 0.1) is 0 Å². The van der Waals surface area contributed by atoms with E-state index in [0.29, 0.717) is 11.3 Å². The Morgan fingerprint density at radius 1 is 1.21 bits per heavy atom. The Labute approximate surface area is 167 Å². The third-order valence-electron chi connectivity index (χ3n) is 3.88. The van der Waals surface area contributed by atoms with Crippen LogP contribution >= 0.6 is 11.8 Å². The number of hydrogen-bond donors (Lipinski definition) is 2. The van der Waals surface area contributed by atoms with Crippen molar-refractivity contribution in [1.29, 1.82) is 0 Å². The number of carbonyl (C=O) groups excluding carboxylic acids is 2. The van der Waals surface area contributed by atoms with Crippen LogP contribution in [0.5, 0.6) is 5.88 Å². The quantitative estimate of drug-likeness (QED) is 0.733. The minimum absolute atomic E-state index is 0.0321. The molecule has 2 heterocycles. The highest BCUT2D eigenvalue weighted by molar-refractivity contribution is 7.99. The summed E-state index contributed by atoms with van der Waals surface area (Å²) in [6.07, 6.45) is 2.51. The van der Waals surface area contributed by atoms with E-state index >= 15 is 0 Å².